The van der Waals surface area contributed by atoms with E-state index in [-0.39, 0.29) is 12.2 Å². The number of ether oxygens (including phenoxy) is 1. The molecule has 6 aromatic rings. The van der Waals surface area contributed by atoms with Gasteiger partial charge in [-0.1, -0.05) is 122 Å². The molecule has 0 amide bonds. The molecule has 7 rings (SSSR count). The van der Waals surface area contributed by atoms with Gasteiger partial charge in [-0.15, -0.1) is 0 Å². The molecule has 1 N–H and O–H groups in total. The summed E-state index contributed by atoms with van der Waals surface area (Å²) in [5.41, 5.74) is 9.69. The second-order valence-electron chi connectivity index (χ2n) is 12.5. The zero-order chi connectivity index (χ0) is 33.5. The lowest BCUT2D eigenvalue weighted by atomic mass is 9.91. The van der Waals surface area contributed by atoms with Crippen molar-refractivity contribution in [2.24, 2.45) is 4.99 Å². The third-order valence-electron chi connectivity index (χ3n) is 8.92. The largest absolute Gasteiger partial charge is 0.463 e. The van der Waals surface area contributed by atoms with Crippen molar-refractivity contribution in [3.63, 3.8) is 0 Å². The quantitative estimate of drug-likeness (QED) is 0.179. The molecule has 0 saturated heterocycles. The molecule has 0 aliphatic carbocycles. The lowest BCUT2D eigenvalue weighted by Crippen LogP contribution is -2.40. The zero-order valence-electron chi connectivity index (χ0n) is 27.7. The second kappa shape index (κ2) is 12.7. The SMILES string of the molecule is CCOC(=O)C1=C(c2ccccc2)N=c2s/c(=C\c3c(-c4ccccc4)[nH]c4c(C)cc(C)cc34)c(=O)n2[C@H]1c1ccc(C(C)C)cc1. The van der Waals surface area contributed by atoms with Crippen molar-refractivity contribution >= 4 is 40.0 Å². The molecule has 2 aromatic heterocycles. The first-order valence-corrected chi connectivity index (χ1v) is 17.1. The fourth-order valence-electron chi connectivity index (χ4n) is 6.61. The molecule has 48 heavy (non-hydrogen) atoms. The Labute approximate surface area is 283 Å². The summed E-state index contributed by atoms with van der Waals surface area (Å²) in [6.07, 6.45) is 1.99. The van der Waals surface area contributed by atoms with Gasteiger partial charge in [-0.3, -0.25) is 9.36 Å². The molecule has 0 spiro atoms. The first kappa shape index (κ1) is 31.3. The summed E-state index contributed by atoms with van der Waals surface area (Å²) in [5, 5.41) is 1.05. The minimum atomic E-state index is -0.722. The lowest BCUT2D eigenvalue weighted by molar-refractivity contribution is -0.138. The Morgan fingerprint density at radius 2 is 1.62 bits per heavy atom. The standard InChI is InChI=1S/C41H37N3O3S/c1-6-47-40(46)34-37(29-15-11-8-12-16-29)43-41-44(38(34)30-19-17-27(18-20-30)24(2)3)39(45)33(48-41)23-32-31-22-25(4)21-26(5)35(31)42-36(32)28-13-9-7-10-14-28/h7-24,38,42H,6H2,1-5H3/b33-23-/t38-/m0/s1. The Morgan fingerprint density at radius 3 is 2.27 bits per heavy atom. The van der Waals surface area contributed by atoms with E-state index in [0.717, 1.165) is 50.0 Å². The number of hydrogen-bond acceptors (Lipinski definition) is 5. The van der Waals surface area contributed by atoms with Crippen molar-refractivity contribution in [3.05, 3.63) is 156 Å². The Morgan fingerprint density at radius 1 is 0.958 bits per heavy atom. The lowest BCUT2D eigenvalue weighted by Gasteiger charge is -2.26. The molecule has 7 heteroatoms. The van der Waals surface area contributed by atoms with Crippen molar-refractivity contribution < 1.29 is 9.53 Å². The molecular formula is C41H37N3O3S. The molecule has 1 atom stereocenters. The molecule has 6 nitrogen and oxygen atoms in total. The number of hydrogen-bond donors (Lipinski definition) is 1. The number of H-pyrrole nitrogens is 1. The van der Waals surface area contributed by atoms with Gasteiger partial charge >= 0.3 is 5.97 Å². The summed E-state index contributed by atoms with van der Waals surface area (Å²) < 4.78 is 7.86. The molecule has 0 unspecified atom stereocenters. The normalized spacial score (nSPS) is 14.8. The van der Waals surface area contributed by atoms with Crippen molar-refractivity contribution in [3.8, 4) is 11.3 Å². The molecule has 240 valence electrons. The molecule has 3 heterocycles. The van der Waals surface area contributed by atoms with E-state index in [0.29, 0.717) is 26.5 Å². The van der Waals surface area contributed by atoms with E-state index in [9.17, 15) is 9.59 Å². The Kier molecular flexibility index (Phi) is 8.31. The minimum Gasteiger partial charge on any atom is -0.463 e. The number of benzene rings is 4. The summed E-state index contributed by atoms with van der Waals surface area (Å²) in [6, 6.07) is 31.6. The van der Waals surface area contributed by atoms with Crippen LogP contribution in [0.3, 0.4) is 0 Å². The number of nitrogens with one attached hydrogen (secondary N) is 1. The van der Waals surface area contributed by atoms with Crippen LogP contribution in [0.1, 0.15) is 66.1 Å². The van der Waals surface area contributed by atoms with E-state index < -0.39 is 12.0 Å². The van der Waals surface area contributed by atoms with Gasteiger partial charge in [-0.25, -0.2) is 9.79 Å². The van der Waals surface area contributed by atoms with Crippen LogP contribution in [0.15, 0.2) is 112 Å². The Hall–Kier alpha value is -5.27. The smallest absolute Gasteiger partial charge is 0.338 e. The van der Waals surface area contributed by atoms with Gasteiger partial charge in [0.2, 0.25) is 0 Å². The molecule has 0 bridgehead atoms. The van der Waals surface area contributed by atoms with Crippen LogP contribution >= 0.6 is 11.3 Å². The number of carbonyl (C=O) groups excluding carboxylic acids is 1. The number of thiazole rings is 1. The van der Waals surface area contributed by atoms with Crippen LogP contribution < -0.4 is 14.9 Å². The average molecular weight is 652 g/mol. The number of nitrogens with zero attached hydrogens (tertiary/aromatic N) is 2. The van der Waals surface area contributed by atoms with E-state index in [1.54, 1.807) is 11.5 Å². The van der Waals surface area contributed by atoms with Crippen LogP contribution in [0.5, 0.6) is 0 Å². The van der Waals surface area contributed by atoms with Crippen LogP contribution in [0, 0.1) is 13.8 Å². The highest BCUT2D eigenvalue weighted by molar-refractivity contribution is 7.07. The summed E-state index contributed by atoms with van der Waals surface area (Å²) in [6.45, 7) is 10.5. The second-order valence-corrected chi connectivity index (χ2v) is 13.5. The number of aryl methyl sites for hydroxylation is 2. The highest BCUT2D eigenvalue weighted by Gasteiger charge is 2.35. The first-order valence-electron chi connectivity index (χ1n) is 16.3. The first-order chi connectivity index (χ1) is 23.2. The summed E-state index contributed by atoms with van der Waals surface area (Å²) in [5.74, 6) is -0.149. The van der Waals surface area contributed by atoms with Crippen molar-refractivity contribution in [1.82, 2.24) is 9.55 Å². The van der Waals surface area contributed by atoms with Gasteiger partial charge in [-0.05, 0) is 61.1 Å². The maximum absolute atomic E-state index is 14.7. The number of rotatable bonds is 7. The van der Waals surface area contributed by atoms with Crippen molar-refractivity contribution in [2.75, 3.05) is 6.61 Å². The van der Waals surface area contributed by atoms with Crippen LogP contribution in [0.25, 0.3) is 33.9 Å². The highest BCUT2D eigenvalue weighted by Crippen LogP contribution is 2.36. The average Bonchev–Trinajstić information content (AvgIpc) is 3.61. The molecule has 0 fully saturated rings. The number of fused-ring (bicyclic) bond motifs is 2. The number of esters is 1. The monoisotopic (exact) mass is 651 g/mol. The van der Waals surface area contributed by atoms with E-state index in [4.69, 9.17) is 9.73 Å². The van der Waals surface area contributed by atoms with Gasteiger partial charge in [0.25, 0.3) is 5.56 Å². The van der Waals surface area contributed by atoms with Crippen LogP contribution in [0.2, 0.25) is 0 Å². The fourth-order valence-corrected chi connectivity index (χ4v) is 7.59. The topological polar surface area (TPSA) is 76.4 Å². The molecular weight excluding hydrogens is 615 g/mol. The van der Waals surface area contributed by atoms with E-state index in [1.807, 2.05) is 66.7 Å². The van der Waals surface area contributed by atoms with Gasteiger partial charge < -0.3 is 9.72 Å². The third kappa shape index (κ3) is 5.54. The van der Waals surface area contributed by atoms with E-state index in [1.165, 1.54) is 16.9 Å². The van der Waals surface area contributed by atoms with Gasteiger partial charge in [0, 0.05) is 22.0 Å². The predicted octanol–water partition coefficient (Wildman–Crippen LogP) is 7.82. The Balaban J connectivity index is 1.54. The Bertz CT molecular complexity index is 2380. The summed E-state index contributed by atoms with van der Waals surface area (Å²) >= 11 is 1.34. The zero-order valence-corrected chi connectivity index (χ0v) is 28.5. The molecule has 0 saturated carbocycles. The van der Waals surface area contributed by atoms with Crippen LogP contribution in [0.4, 0.5) is 0 Å². The van der Waals surface area contributed by atoms with E-state index >= 15 is 0 Å². The van der Waals surface area contributed by atoms with Gasteiger partial charge in [0.05, 0.1) is 34.1 Å². The van der Waals surface area contributed by atoms with Crippen LogP contribution in [-0.2, 0) is 9.53 Å². The molecule has 1 aliphatic rings. The number of aromatic nitrogens is 2. The third-order valence-corrected chi connectivity index (χ3v) is 9.90. The summed E-state index contributed by atoms with van der Waals surface area (Å²) in [4.78, 5) is 37.8. The molecule has 1 aliphatic heterocycles. The van der Waals surface area contributed by atoms with Crippen LogP contribution in [-0.4, -0.2) is 22.1 Å². The van der Waals surface area contributed by atoms with E-state index in [2.05, 4.69) is 69.1 Å². The number of aromatic amines is 1. The van der Waals surface area contributed by atoms with Gasteiger partial charge in [0.1, 0.15) is 0 Å². The number of carbonyl (C=O) groups is 1. The fraction of sp³-hybridized carbons (Fsp3) is 0.195. The van der Waals surface area contributed by atoms with Gasteiger partial charge in [-0.2, -0.15) is 0 Å². The van der Waals surface area contributed by atoms with Gasteiger partial charge in [0.15, 0.2) is 4.80 Å². The van der Waals surface area contributed by atoms with Crippen molar-refractivity contribution in [1.29, 1.82) is 0 Å². The molecule has 4 aromatic carbocycles. The van der Waals surface area contributed by atoms with Crippen molar-refractivity contribution in [2.45, 2.75) is 46.6 Å². The molecule has 0 radical (unpaired) electrons. The maximum atomic E-state index is 14.7. The predicted molar refractivity (Wildman–Crippen MR) is 195 cm³/mol. The highest BCUT2D eigenvalue weighted by atomic mass is 32.1. The summed E-state index contributed by atoms with van der Waals surface area (Å²) in [7, 11) is 0. The minimum absolute atomic E-state index is 0.204. The maximum Gasteiger partial charge on any atom is 0.338 e.